The van der Waals surface area contributed by atoms with Crippen molar-refractivity contribution in [3.63, 3.8) is 0 Å². The first-order chi connectivity index (χ1) is 15.6. The molecule has 3 aromatic rings. The Hall–Kier alpha value is -3.68. The fourth-order valence-corrected chi connectivity index (χ4v) is 3.59. The Labute approximate surface area is 188 Å². The molecule has 4 rings (SSSR count). The lowest BCUT2D eigenvalue weighted by Gasteiger charge is -2.27. The number of carbonyl (C=O) groups excluding carboxylic acids is 1. The maximum atomic E-state index is 12.5. The second-order valence-corrected chi connectivity index (χ2v) is 7.72. The summed E-state index contributed by atoms with van der Waals surface area (Å²) in [7, 11) is 0. The van der Waals surface area contributed by atoms with Crippen molar-refractivity contribution in [2.45, 2.75) is 33.1 Å². The normalized spacial score (nSPS) is 13.5. The molecule has 1 aromatic carbocycles. The zero-order valence-corrected chi connectivity index (χ0v) is 18.5. The lowest BCUT2D eigenvalue weighted by Crippen LogP contribution is -2.31. The monoisotopic (exact) mass is 432 g/mol. The molecule has 0 aliphatic carbocycles. The van der Waals surface area contributed by atoms with Crippen molar-refractivity contribution in [2.75, 3.05) is 35.2 Å². The van der Waals surface area contributed by atoms with E-state index in [0.29, 0.717) is 23.7 Å². The fourth-order valence-electron chi connectivity index (χ4n) is 3.59. The Kier molecular flexibility index (Phi) is 6.79. The summed E-state index contributed by atoms with van der Waals surface area (Å²) in [6.07, 6.45) is 5.14. The predicted molar refractivity (Wildman–Crippen MR) is 126 cm³/mol. The highest BCUT2D eigenvalue weighted by Crippen LogP contribution is 2.22. The minimum atomic E-state index is -0.223. The van der Waals surface area contributed by atoms with Gasteiger partial charge in [0.25, 0.3) is 5.91 Å². The molecule has 0 spiro atoms. The third-order valence-electron chi connectivity index (χ3n) is 5.19. The SMILES string of the molecule is CCOc1ccc(C(=O)Nc2ccc(Nc3cc(C)nc(N4CCCCC4)n3)cc2)cn1. The molecule has 0 radical (unpaired) electrons. The van der Waals surface area contributed by atoms with Crippen LogP contribution in [0.25, 0.3) is 0 Å². The number of hydrogen-bond donors (Lipinski definition) is 2. The second-order valence-electron chi connectivity index (χ2n) is 7.72. The van der Waals surface area contributed by atoms with E-state index < -0.39 is 0 Å². The number of nitrogens with one attached hydrogen (secondary N) is 2. The van der Waals surface area contributed by atoms with Crippen LogP contribution >= 0.6 is 0 Å². The van der Waals surface area contributed by atoms with E-state index in [4.69, 9.17) is 9.72 Å². The molecule has 2 N–H and O–H groups in total. The minimum absolute atomic E-state index is 0.223. The van der Waals surface area contributed by atoms with Gasteiger partial charge in [-0.3, -0.25) is 4.79 Å². The van der Waals surface area contributed by atoms with Gasteiger partial charge in [-0.25, -0.2) is 9.97 Å². The highest BCUT2D eigenvalue weighted by atomic mass is 16.5. The number of carbonyl (C=O) groups is 1. The number of amides is 1. The summed E-state index contributed by atoms with van der Waals surface area (Å²) >= 11 is 0. The Morgan fingerprint density at radius 2 is 1.78 bits per heavy atom. The van der Waals surface area contributed by atoms with Crippen molar-refractivity contribution in [1.82, 2.24) is 15.0 Å². The highest BCUT2D eigenvalue weighted by molar-refractivity contribution is 6.04. The van der Waals surface area contributed by atoms with Gasteiger partial charge in [0.05, 0.1) is 12.2 Å². The summed E-state index contributed by atoms with van der Waals surface area (Å²) in [6.45, 7) is 6.41. The van der Waals surface area contributed by atoms with Crippen LogP contribution in [0, 0.1) is 6.92 Å². The largest absolute Gasteiger partial charge is 0.478 e. The molecule has 1 amide bonds. The molecular formula is C24H28N6O2. The van der Waals surface area contributed by atoms with Crippen molar-refractivity contribution in [3.05, 3.63) is 59.9 Å². The zero-order valence-electron chi connectivity index (χ0n) is 18.5. The molecule has 1 fully saturated rings. The maximum Gasteiger partial charge on any atom is 0.257 e. The molecule has 1 aliphatic rings. The van der Waals surface area contributed by atoms with Gasteiger partial charge in [0.15, 0.2) is 0 Å². The lowest BCUT2D eigenvalue weighted by atomic mass is 10.1. The van der Waals surface area contributed by atoms with Gasteiger partial charge >= 0.3 is 0 Å². The third kappa shape index (κ3) is 5.51. The second kappa shape index (κ2) is 10.1. The topological polar surface area (TPSA) is 92.3 Å². The van der Waals surface area contributed by atoms with E-state index in [1.807, 2.05) is 44.2 Å². The van der Waals surface area contributed by atoms with E-state index in [2.05, 4.69) is 25.5 Å². The van der Waals surface area contributed by atoms with Crippen LogP contribution in [0.4, 0.5) is 23.1 Å². The molecule has 1 saturated heterocycles. The molecule has 0 unspecified atom stereocenters. The van der Waals surface area contributed by atoms with E-state index in [0.717, 1.165) is 36.2 Å². The van der Waals surface area contributed by atoms with Gasteiger partial charge in [-0.2, -0.15) is 4.98 Å². The van der Waals surface area contributed by atoms with E-state index in [1.165, 1.54) is 25.5 Å². The number of ether oxygens (including phenoxy) is 1. The van der Waals surface area contributed by atoms with Crippen LogP contribution in [0.2, 0.25) is 0 Å². The summed E-state index contributed by atoms with van der Waals surface area (Å²) in [4.78, 5) is 28.1. The number of aryl methyl sites for hydroxylation is 1. The Balaban J connectivity index is 1.39. The van der Waals surface area contributed by atoms with Gasteiger partial charge in [-0.15, -0.1) is 0 Å². The first kappa shape index (κ1) is 21.5. The predicted octanol–water partition coefficient (Wildman–Crippen LogP) is 4.56. The maximum absolute atomic E-state index is 12.5. The number of hydrogen-bond acceptors (Lipinski definition) is 7. The molecule has 0 atom stereocenters. The van der Waals surface area contributed by atoms with E-state index in [9.17, 15) is 4.79 Å². The van der Waals surface area contributed by atoms with Crippen LogP contribution in [-0.4, -0.2) is 40.6 Å². The van der Waals surface area contributed by atoms with Crippen molar-refractivity contribution in [2.24, 2.45) is 0 Å². The van der Waals surface area contributed by atoms with Crippen LogP contribution < -0.4 is 20.3 Å². The molecule has 0 saturated carbocycles. The molecule has 2 aromatic heterocycles. The molecular weight excluding hydrogens is 404 g/mol. The smallest absolute Gasteiger partial charge is 0.257 e. The summed E-state index contributed by atoms with van der Waals surface area (Å²) in [5.41, 5.74) is 2.98. The molecule has 1 aliphatic heterocycles. The van der Waals surface area contributed by atoms with Crippen LogP contribution in [-0.2, 0) is 0 Å². The Morgan fingerprint density at radius 3 is 2.47 bits per heavy atom. The molecule has 166 valence electrons. The fraction of sp³-hybridized carbons (Fsp3) is 0.333. The molecule has 32 heavy (non-hydrogen) atoms. The summed E-state index contributed by atoms with van der Waals surface area (Å²) in [5, 5.41) is 6.22. The number of piperidine rings is 1. The van der Waals surface area contributed by atoms with Crippen LogP contribution in [0.1, 0.15) is 42.2 Å². The number of nitrogens with zero attached hydrogens (tertiary/aromatic N) is 4. The van der Waals surface area contributed by atoms with Crippen molar-refractivity contribution < 1.29 is 9.53 Å². The number of aromatic nitrogens is 3. The first-order valence-electron chi connectivity index (χ1n) is 11.0. The Bertz CT molecular complexity index is 1050. The quantitative estimate of drug-likeness (QED) is 0.565. The average molecular weight is 433 g/mol. The van der Waals surface area contributed by atoms with Crippen LogP contribution in [0.5, 0.6) is 5.88 Å². The van der Waals surface area contributed by atoms with Gasteiger partial charge in [0, 0.05) is 48.5 Å². The standard InChI is InChI=1S/C24H28N6O2/c1-3-32-22-12-7-18(16-25-22)23(31)28-20-10-8-19(9-11-20)27-21-15-17(2)26-24(29-21)30-13-5-4-6-14-30/h7-12,15-16H,3-6,13-14H2,1-2H3,(H,28,31)(H,26,27,29). The molecule has 8 nitrogen and oxygen atoms in total. The van der Waals surface area contributed by atoms with Gasteiger partial charge in [-0.1, -0.05) is 0 Å². The van der Waals surface area contributed by atoms with Crippen LogP contribution in [0.3, 0.4) is 0 Å². The van der Waals surface area contributed by atoms with E-state index in [1.54, 1.807) is 12.1 Å². The third-order valence-corrected chi connectivity index (χ3v) is 5.19. The van der Waals surface area contributed by atoms with Gasteiger partial charge in [0.2, 0.25) is 11.8 Å². The van der Waals surface area contributed by atoms with Crippen LogP contribution in [0.15, 0.2) is 48.7 Å². The number of anilines is 4. The van der Waals surface area contributed by atoms with Gasteiger partial charge < -0.3 is 20.3 Å². The Morgan fingerprint density at radius 1 is 1.03 bits per heavy atom. The zero-order chi connectivity index (χ0) is 22.3. The number of rotatable bonds is 7. The average Bonchev–Trinajstić information content (AvgIpc) is 2.81. The summed E-state index contributed by atoms with van der Waals surface area (Å²) in [6, 6.07) is 12.8. The van der Waals surface area contributed by atoms with E-state index >= 15 is 0 Å². The molecule has 8 heteroatoms. The number of pyridine rings is 1. The minimum Gasteiger partial charge on any atom is -0.478 e. The van der Waals surface area contributed by atoms with Crippen molar-refractivity contribution in [3.8, 4) is 5.88 Å². The number of benzene rings is 1. The summed E-state index contributed by atoms with van der Waals surface area (Å²) < 4.78 is 5.31. The van der Waals surface area contributed by atoms with Crippen molar-refractivity contribution >= 4 is 29.0 Å². The van der Waals surface area contributed by atoms with Gasteiger partial charge in [-0.05, 0) is 63.4 Å². The van der Waals surface area contributed by atoms with Crippen molar-refractivity contribution in [1.29, 1.82) is 0 Å². The highest BCUT2D eigenvalue weighted by Gasteiger charge is 2.15. The molecule has 3 heterocycles. The lowest BCUT2D eigenvalue weighted by molar-refractivity contribution is 0.102. The summed E-state index contributed by atoms with van der Waals surface area (Å²) in [5.74, 6) is 1.82. The van der Waals surface area contributed by atoms with Gasteiger partial charge in [0.1, 0.15) is 5.82 Å². The van der Waals surface area contributed by atoms with E-state index in [-0.39, 0.29) is 5.91 Å². The first-order valence-corrected chi connectivity index (χ1v) is 11.0. The molecule has 0 bridgehead atoms.